The van der Waals surface area contributed by atoms with Crippen molar-refractivity contribution in [2.45, 2.75) is 46.0 Å². The quantitative estimate of drug-likeness (QED) is 0.746. The Labute approximate surface area is 90.9 Å². The summed E-state index contributed by atoms with van der Waals surface area (Å²) in [5, 5.41) is 0. The standard InChI is InChI=1S/C12H18N2O/c1-7(2)10-9-5-6-15-12(9)14-11(13-10)8(3)4/h7-8H,5-6H2,1-4H3. The number of fused-ring (bicyclic) bond motifs is 1. The van der Waals surface area contributed by atoms with Gasteiger partial charge in [-0.05, 0) is 5.92 Å². The van der Waals surface area contributed by atoms with Crippen LogP contribution < -0.4 is 4.74 Å². The molecule has 0 bridgehead atoms. The lowest BCUT2D eigenvalue weighted by Crippen LogP contribution is -2.06. The highest BCUT2D eigenvalue weighted by molar-refractivity contribution is 5.36. The van der Waals surface area contributed by atoms with Gasteiger partial charge >= 0.3 is 0 Å². The van der Waals surface area contributed by atoms with Gasteiger partial charge in [0.15, 0.2) is 0 Å². The lowest BCUT2D eigenvalue weighted by Gasteiger charge is -2.12. The molecule has 0 N–H and O–H groups in total. The summed E-state index contributed by atoms with van der Waals surface area (Å²) in [6.07, 6.45) is 0.960. The second kappa shape index (κ2) is 3.80. The molecule has 1 aliphatic heterocycles. The van der Waals surface area contributed by atoms with E-state index >= 15 is 0 Å². The third-order valence-electron chi connectivity index (χ3n) is 2.67. The zero-order chi connectivity index (χ0) is 11.0. The topological polar surface area (TPSA) is 35.0 Å². The van der Waals surface area contributed by atoms with Crippen molar-refractivity contribution in [1.29, 1.82) is 0 Å². The van der Waals surface area contributed by atoms with Crippen molar-refractivity contribution in [3.63, 3.8) is 0 Å². The monoisotopic (exact) mass is 206 g/mol. The van der Waals surface area contributed by atoms with E-state index in [2.05, 4.69) is 37.7 Å². The zero-order valence-corrected chi connectivity index (χ0v) is 9.87. The van der Waals surface area contributed by atoms with Gasteiger partial charge in [0.1, 0.15) is 5.82 Å². The minimum absolute atomic E-state index is 0.358. The maximum absolute atomic E-state index is 5.53. The molecule has 0 unspecified atom stereocenters. The third-order valence-corrected chi connectivity index (χ3v) is 2.67. The molecule has 2 rings (SSSR count). The molecule has 0 saturated heterocycles. The van der Waals surface area contributed by atoms with Crippen LogP contribution in [0.3, 0.4) is 0 Å². The SMILES string of the molecule is CC(C)c1nc2c(c(C(C)C)n1)CCO2. The lowest BCUT2D eigenvalue weighted by atomic mass is 10.0. The van der Waals surface area contributed by atoms with Gasteiger partial charge in [-0.25, -0.2) is 4.98 Å². The van der Waals surface area contributed by atoms with E-state index in [1.807, 2.05) is 0 Å². The summed E-state index contributed by atoms with van der Waals surface area (Å²) in [6, 6.07) is 0. The summed E-state index contributed by atoms with van der Waals surface area (Å²) in [5.41, 5.74) is 2.38. The van der Waals surface area contributed by atoms with E-state index in [1.54, 1.807) is 0 Å². The third kappa shape index (κ3) is 1.83. The Kier molecular flexibility index (Phi) is 2.63. The average Bonchev–Trinajstić information content (AvgIpc) is 2.62. The van der Waals surface area contributed by atoms with Gasteiger partial charge in [0, 0.05) is 17.9 Å². The minimum atomic E-state index is 0.358. The van der Waals surface area contributed by atoms with Crippen LogP contribution in [0.1, 0.15) is 56.6 Å². The molecule has 1 aromatic rings. The van der Waals surface area contributed by atoms with Crippen LogP contribution in [0.5, 0.6) is 5.88 Å². The van der Waals surface area contributed by atoms with Crippen LogP contribution in [0.2, 0.25) is 0 Å². The highest BCUT2D eigenvalue weighted by atomic mass is 16.5. The number of ether oxygens (including phenoxy) is 1. The molecule has 0 spiro atoms. The van der Waals surface area contributed by atoms with Crippen molar-refractivity contribution in [1.82, 2.24) is 9.97 Å². The van der Waals surface area contributed by atoms with Gasteiger partial charge < -0.3 is 4.74 Å². The molecule has 15 heavy (non-hydrogen) atoms. The van der Waals surface area contributed by atoms with Crippen molar-refractivity contribution in [3.05, 3.63) is 17.1 Å². The first-order valence-electron chi connectivity index (χ1n) is 5.63. The van der Waals surface area contributed by atoms with Crippen LogP contribution in [0.25, 0.3) is 0 Å². The summed E-state index contributed by atoms with van der Waals surface area (Å²) < 4.78 is 5.53. The van der Waals surface area contributed by atoms with Gasteiger partial charge in [-0.15, -0.1) is 0 Å². The summed E-state index contributed by atoms with van der Waals surface area (Å²) in [4.78, 5) is 9.11. The number of hydrogen-bond donors (Lipinski definition) is 0. The fraction of sp³-hybridized carbons (Fsp3) is 0.667. The Morgan fingerprint density at radius 3 is 2.40 bits per heavy atom. The van der Waals surface area contributed by atoms with Crippen molar-refractivity contribution >= 4 is 0 Å². The van der Waals surface area contributed by atoms with E-state index in [9.17, 15) is 0 Å². The number of nitrogens with zero attached hydrogens (tertiary/aromatic N) is 2. The summed E-state index contributed by atoms with van der Waals surface area (Å²) in [5.74, 6) is 2.52. The largest absolute Gasteiger partial charge is 0.477 e. The molecule has 1 aliphatic rings. The van der Waals surface area contributed by atoms with Gasteiger partial charge in [0.2, 0.25) is 5.88 Å². The lowest BCUT2D eigenvalue weighted by molar-refractivity contribution is 0.343. The molecule has 0 amide bonds. The van der Waals surface area contributed by atoms with Gasteiger partial charge in [0.05, 0.1) is 12.3 Å². The first kappa shape index (κ1) is 10.4. The smallest absolute Gasteiger partial charge is 0.220 e. The average molecular weight is 206 g/mol. The minimum Gasteiger partial charge on any atom is -0.477 e. The molecule has 3 nitrogen and oxygen atoms in total. The van der Waals surface area contributed by atoms with E-state index in [0.29, 0.717) is 11.8 Å². The second-order valence-corrected chi connectivity index (χ2v) is 4.66. The first-order valence-corrected chi connectivity index (χ1v) is 5.63. The summed E-state index contributed by atoms with van der Waals surface area (Å²) in [7, 11) is 0. The predicted octanol–water partition coefficient (Wildman–Crippen LogP) is 2.66. The van der Waals surface area contributed by atoms with Crippen molar-refractivity contribution in [2.24, 2.45) is 0 Å². The van der Waals surface area contributed by atoms with E-state index in [4.69, 9.17) is 4.74 Å². The molecule has 0 saturated carbocycles. The fourth-order valence-corrected chi connectivity index (χ4v) is 1.84. The Hall–Kier alpha value is -1.12. The van der Waals surface area contributed by atoms with Crippen LogP contribution in [0.4, 0.5) is 0 Å². The Balaban J connectivity index is 2.52. The maximum Gasteiger partial charge on any atom is 0.220 e. The van der Waals surface area contributed by atoms with E-state index in [1.165, 1.54) is 11.3 Å². The van der Waals surface area contributed by atoms with Crippen LogP contribution in [0.15, 0.2) is 0 Å². The molecule has 0 radical (unpaired) electrons. The van der Waals surface area contributed by atoms with Crippen molar-refractivity contribution in [2.75, 3.05) is 6.61 Å². The highest BCUT2D eigenvalue weighted by Crippen LogP contribution is 2.30. The molecule has 1 aromatic heterocycles. The molecule has 0 aromatic carbocycles. The zero-order valence-electron chi connectivity index (χ0n) is 9.87. The van der Waals surface area contributed by atoms with Crippen LogP contribution in [0, 0.1) is 0 Å². The van der Waals surface area contributed by atoms with Crippen LogP contribution in [-0.4, -0.2) is 16.6 Å². The van der Waals surface area contributed by atoms with Gasteiger partial charge in [0.25, 0.3) is 0 Å². The number of hydrogen-bond acceptors (Lipinski definition) is 3. The Bertz CT molecular complexity index is 372. The molecule has 82 valence electrons. The Morgan fingerprint density at radius 1 is 1.07 bits per heavy atom. The predicted molar refractivity (Wildman–Crippen MR) is 59.4 cm³/mol. The van der Waals surface area contributed by atoms with Gasteiger partial charge in [-0.2, -0.15) is 4.98 Å². The molecule has 0 aliphatic carbocycles. The van der Waals surface area contributed by atoms with Gasteiger partial charge in [-0.1, -0.05) is 27.7 Å². The highest BCUT2D eigenvalue weighted by Gasteiger charge is 2.22. The molecule has 3 heteroatoms. The molecular formula is C12H18N2O. The molecule has 0 fully saturated rings. The van der Waals surface area contributed by atoms with E-state index in [0.717, 1.165) is 24.7 Å². The maximum atomic E-state index is 5.53. The van der Waals surface area contributed by atoms with Crippen LogP contribution in [-0.2, 0) is 6.42 Å². The normalized spacial score (nSPS) is 14.5. The van der Waals surface area contributed by atoms with Crippen molar-refractivity contribution in [3.8, 4) is 5.88 Å². The number of aromatic nitrogens is 2. The van der Waals surface area contributed by atoms with E-state index < -0.39 is 0 Å². The summed E-state index contributed by atoms with van der Waals surface area (Å²) >= 11 is 0. The Morgan fingerprint density at radius 2 is 1.80 bits per heavy atom. The van der Waals surface area contributed by atoms with Gasteiger partial charge in [-0.3, -0.25) is 0 Å². The number of rotatable bonds is 2. The molecule has 0 atom stereocenters. The fourth-order valence-electron chi connectivity index (χ4n) is 1.84. The summed E-state index contributed by atoms with van der Waals surface area (Å²) in [6.45, 7) is 9.32. The van der Waals surface area contributed by atoms with Crippen LogP contribution >= 0.6 is 0 Å². The molecule has 2 heterocycles. The second-order valence-electron chi connectivity index (χ2n) is 4.66. The van der Waals surface area contributed by atoms with E-state index in [-0.39, 0.29) is 0 Å². The molecular weight excluding hydrogens is 188 g/mol. The first-order chi connectivity index (χ1) is 7.09. The van der Waals surface area contributed by atoms with Crippen molar-refractivity contribution < 1.29 is 4.74 Å².